The molecule has 1 aliphatic carbocycles. The van der Waals surface area contributed by atoms with Crippen LogP contribution in [0.4, 0.5) is 5.95 Å². The molecule has 0 unspecified atom stereocenters. The largest absolute Gasteiger partial charge is 0.494 e. The number of hydrogen-bond donors (Lipinski definition) is 0. The van der Waals surface area contributed by atoms with E-state index in [0.717, 1.165) is 37.6 Å². The first kappa shape index (κ1) is 24.3. The van der Waals surface area contributed by atoms with Crippen LogP contribution < -0.4 is 15.2 Å². The Hall–Kier alpha value is -3.39. The van der Waals surface area contributed by atoms with E-state index in [1.165, 1.54) is 39.2 Å². The predicted molar refractivity (Wildman–Crippen MR) is 141 cm³/mol. The highest BCUT2D eigenvalue weighted by Crippen LogP contribution is 2.26. The number of piperazine rings is 1. The number of fused-ring (bicyclic) bond motifs is 1. The molecule has 3 aromatic rings. The molecule has 0 bridgehead atoms. The molecular weight excluding hydrogens is 456 g/mol. The minimum absolute atomic E-state index is 0.162. The van der Waals surface area contributed by atoms with Gasteiger partial charge in [-0.15, -0.1) is 0 Å². The molecule has 1 saturated heterocycles. The third-order valence-corrected chi connectivity index (χ3v) is 7.37. The lowest BCUT2D eigenvalue weighted by atomic mass is 9.94. The van der Waals surface area contributed by atoms with Crippen LogP contribution in [-0.4, -0.2) is 66.4 Å². The van der Waals surface area contributed by atoms with E-state index in [4.69, 9.17) is 14.5 Å². The molecule has 2 aliphatic rings. The van der Waals surface area contributed by atoms with Gasteiger partial charge in [0, 0.05) is 32.2 Å². The molecule has 2 aromatic carbocycles. The van der Waals surface area contributed by atoms with Crippen LogP contribution >= 0.6 is 0 Å². The maximum absolute atomic E-state index is 13.8. The van der Waals surface area contributed by atoms with Crippen LogP contribution in [0.2, 0.25) is 0 Å². The fourth-order valence-corrected chi connectivity index (χ4v) is 5.46. The van der Waals surface area contributed by atoms with Crippen LogP contribution in [0.25, 0.3) is 16.6 Å². The van der Waals surface area contributed by atoms with Crippen LogP contribution in [-0.2, 0) is 4.74 Å². The van der Waals surface area contributed by atoms with Crippen LogP contribution in [0.1, 0.15) is 49.4 Å². The van der Waals surface area contributed by atoms with Crippen LogP contribution in [0.3, 0.4) is 0 Å². The van der Waals surface area contributed by atoms with Gasteiger partial charge in [-0.25, -0.2) is 14.3 Å². The molecule has 1 aliphatic heterocycles. The normalized spacial score (nSPS) is 17.3. The Morgan fingerprint density at radius 3 is 2.39 bits per heavy atom. The molecule has 0 amide bonds. The smallest absolute Gasteiger partial charge is 0.337 e. The van der Waals surface area contributed by atoms with E-state index in [9.17, 15) is 9.59 Å². The Morgan fingerprint density at radius 1 is 1.00 bits per heavy atom. The number of methoxy groups -OCH3 is 1. The van der Waals surface area contributed by atoms with Crippen molar-refractivity contribution >= 4 is 22.8 Å². The molecule has 0 N–H and O–H groups in total. The van der Waals surface area contributed by atoms with Gasteiger partial charge in [0.25, 0.3) is 5.56 Å². The third-order valence-electron chi connectivity index (χ3n) is 7.37. The highest BCUT2D eigenvalue weighted by Gasteiger charge is 2.28. The molecule has 36 heavy (non-hydrogen) atoms. The van der Waals surface area contributed by atoms with Gasteiger partial charge in [-0.2, -0.15) is 0 Å². The molecule has 0 radical (unpaired) electrons. The number of hydrogen-bond acceptors (Lipinski definition) is 7. The van der Waals surface area contributed by atoms with Gasteiger partial charge in [-0.3, -0.25) is 9.69 Å². The first-order valence-corrected chi connectivity index (χ1v) is 13.0. The van der Waals surface area contributed by atoms with Crippen molar-refractivity contribution in [2.75, 3.05) is 44.8 Å². The van der Waals surface area contributed by atoms with Gasteiger partial charge in [0.1, 0.15) is 5.75 Å². The summed E-state index contributed by atoms with van der Waals surface area (Å²) in [5.74, 6) is 0.910. The summed E-state index contributed by atoms with van der Waals surface area (Å²) >= 11 is 0. The maximum Gasteiger partial charge on any atom is 0.337 e. The minimum atomic E-state index is -0.447. The van der Waals surface area contributed by atoms with Crippen molar-refractivity contribution in [2.24, 2.45) is 0 Å². The van der Waals surface area contributed by atoms with Crippen molar-refractivity contribution in [1.29, 1.82) is 0 Å². The highest BCUT2D eigenvalue weighted by molar-refractivity contribution is 5.94. The monoisotopic (exact) mass is 490 g/mol. The van der Waals surface area contributed by atoms with Gasteiger partial charge >= 0.3 is 5.97 Å². The number of anilines is 1. The summed E-state index contributed by atoms with van der Waals surface area (Å²) < 4.78 is 12.2. The minimum Gasteiger partial charge on any atom is -0.494 e. The number of nitrogens with zero attached hydrogens (tertiary/aromatic N) is 4. The molecule has 0 spiro atoms. The van der Waals surface area contributed by atoms with Crippen LogP contribution in [0, 0.1) is 0 Å². The lowest BCUT2D eigenvalue weighted by Gasteiger charge is -2.41. The molecular formula is C28H34N4O4. The second-order valence-electron chi connectivity index (χ2n) is 9.52. The van der Waals surface area contributed by atoms with Crippen molar-refractivity contribution in [2.45, 2.75) is 45.1 Å². The highest BCUT2D eigenvalue weighted by atomic mass is 16.5. The Balaban J connectivity index is 1.54. The van der Waals surface area contributed by atoms with Gasteiger partial charge < -0.3 is 14.4 Å². The number of carbonyl (C=O) groups excluding carboxylic acids is 1. The molecule has 8 nitrogen and oxygen atoms in total. The molecule has 5 rings (SSSR count). The average Bonchev–Trinajstić information content (AvgIpc) is 2.93. The van der Waals surface area contributed by atoms with E-state index in [1.807, 2.05) is 31.2 Å². The topological polar surface area (TPSA) is 76.9 Å². The Kier molecular flexibility index (Phi) is 7.23. The Bertz CT molecular complexity index is 1270. The van der Waals surface area contributed by atoms with E-state index in [0.29, 0.717) is 35.1 Å². The summed E-state index contributed by atoms with van der Waals surface area (Å²) in [5, 5.41) is 0.459. The number of benzene rings is 2. The number of ether oxygens (including phenoxy) is 2. The summed E-state index contributed by atoms with van der Waals surface area (Å²) in [6.45, 7) is 6.01. The Labute approximate surface area is 211 Å². The fourth-order valence-electron chi connectivity index (χ4n) is 5.46. The summed E-state index contributed by atoms with van der Waals surface area (Å²) in [5.41, 5.74) is 1.45. The average molecular weight is 491 g/mol. The summed E-state index contributed by atoms with van der Waals surface area (Å²) in [4.78, 5) is 35.7. The SMILES string of the molecule is CCOc1ccc(-n2c(N3CCN(C4CCCCC4)CC3)nc3cc(C(=O)OC)ccc3c2=O)cc1. The lowest BCUT2D eigenvalue weighted by molar-refractivity contribution is 0.0601. The second-order valence-corrected chi connectivity index (χ2v) is 9.52. The molecule has 1 saturated carbocycles. The number of esters is 1. The van der Waals surface area contributed by atoms with E-state index in [-0.39, 0.29) is 5.56 Å². The predicted octanol–water partition coefficient (Wildman–Crippen LogP) is 4.03. The molecule has 8 heteroatoms. The first-order valence-electron chi connectivity index (χ1n) is 13.0. The first-order chi connectivity index (χ1) is 17.6. The summed E-state index contributed by atoms with van der Waals surface area (Å²) in [6, 6.07) is 13.1. The molecule has 1 aromatic heterocycles. The quantitative estimate of drug-likeness (QED) is 0.483. The molecule has 0 atom stereocenters. The van der Waals surface area contributed by atoms with E-state index >= 15 is 0 Å². The van der Waals surface area contributed by atoms with Gasteiger partial charge in [-0.1, -0.05) is 19.3 Å². The summed E-state index contributed by atoms with van der Waals surface area (Å²) in [6.07, 6.45) is 6.54. The number of carbonyl (C=O) groups is 1. The van der Waals surface area contributed by atoms with Crippen molar-refractivity contribution in [3.05, 3.63) is 58.4 Å². The van der Waals surface area contributed by atoms with Crippen LogP contribution in [0.5, 0.6) is 5.75 Å². The van der Waals surface area contributed by atoms with Gasteiger partial charge in [-0.05, 0) is 62.2 Å². The molecule has 190 valence electrons. The molecule has 2 heterocycles. The van der Waals surface area contributed by atoms with Crippen molar-refractivity contribution in [1.82, 2.24) is 14.5 Å². The maximum atomic E-state index is 13.8. The summed E-state index contributed by atoms with van der Waals surface area (Å²) in [7, 11) is 1.35. The number of rotatable bonds is 6. The Morgan fingerprint density at radius 2 is 1.72 bits per heavy atom. The zero-order chi connectivity index (χ0) is 25.1. The fraction of sp³-hybridized carbons (Fsp3) is 0.464. The van der Waals surface area contributed by atoms with Crippen molar-refractivity contribution in [3.63, 3.8) is 0 Å². The second kappa shape index (κ2) is 10.7. The number of aromatic nitrogens is 2. The van der Waals surface area contributed by atoms with Crippen molar-refractivity contribution < 1.29 is 14.3 Å². The van der Waals surface area contributed by atoms with E-state index < -0.39 is 5.97 Å². The standard InChI is InChI=1S/C28H34N4O4/c1-3-36-23-12-10-22(11-13-23)32-26(33)24-14-9-20(27(34)35-2)19-25(24)29-28(32)31-17-15-30(16-18-31)21-7-5-4-6-8-21/h9-14,19,21H,3-8,15-18H2,1-2H3. The lowest BCUT2D eigenvalue weighted by Crippen LogP contribution is -2.52. The van der Waals surface area contributed by atoms with E-state index in [2.05, 4.69) is 9.80 Å². The molecule has 2 fully saturated rings. The zero-order valence-electron chi connectivity index (χ0n) is 21.1. The van der Waals surface area contributed by atoms with Gasteiger partial charge in [0.2, 0.25) is 5.95 Å². The van der Waals surface area contributed by atoms with Gasteiger partial charge in [0.05, 0.1) is 35.9 Å². The van der Waals surface area contributed by atoms with Crippen LogP contribution in [0.15, 0.2) is 47.3 Å². The van der Waals surface area contributed by atoms with E-state index in [1.54, 1.807) is 22.8 Å². The van der Waals surface area contributed by atoms with Crippen molar-refractivity contribution in [3.8, 4) is 11.4 Å². The third kappa shape index (κ3) is 4.82. The van der Waals surface area contributed by atoms with Gasteiger partial charge in [0.15, 0.2) is 0 Å². The zero-order valence-corrected chi connectivity index (χ0v) is 21.1.